The van der Waals surface area contributed by atoms with Crippen LogP contribution in [0.1, 0.15) is 38.0 Å². The third-order valence-corrected chi connectivity index (χ3v) is 2.81. The summed E-state index contributed by atoms with van der Waals surface area (Å²) < 4.78 is 0. The first kappa shape index (κ1) is 14.2. The van der Waals surface area contributed by atoms with Gasteiger partial charge in [0.05, 0.1) is 12.2 Å². The largest absolute Gasteiger partial charge is 0.384 e. The van der Waals surface area contributed by atoms with E-state index in [1.807, 2.05) is 25.1 Å². The van der Waals surface area contributed by atoms with Crippen LogP contribution in [0.2, 0.25) is 0 Å². The minimum atomic E-state index is -0.132. The predicted octanol–water partition coefficient (Wildman–Crippen LogP) is 2.67. The monoisotopic (exact) mass is 271 g/mol. The average molecular weight is 271 g/mol. The number of rotatable bonds is 3. The van der Waals surface area contributed by atoms with Crippen molar-refractivity contribution in [3.8, 4) is 0 Å². The van der Waals surface area contributed by atoms with Crippen molar-refractivity contribution in [2.24, 2.45) is 0 Å². The van der Waals surface area contributed by atoms with Gasteiger partial charge in [0, 0.05) is 17.2 Å². The molecule has 0 fully saturated rings. The van der Waals surface area contributed by atoms with Crippen LogP contribution < -0.4 is 11.1 Å². The van der Waals surface area contributed by atoms with Crippen molar-refractivity contribution < 1.29 is 0 Å². The fourth-order valence-corrected chi connectivity index (χ4v) is 1.77. The second kappa shape index (κ2) is 5.45. The molecule has 2 heterocycles. The lowest BCUT2D eigenvalue weighted by Crippen LogP contribution is -2.18. The molecule has 0 saturated carbocycles. The molecule has 0 saturated heterocycles. The van der Waals surface area contributed by atoms with E-state index in [-0.39, 0.29) is 5.41 Å². The average Bonchev–Trinajstić information content (AvgIpc) is 2.35. The minimum absolute atomic E-state index is 0.132. The van der Waals surface area contributed by atoms with E-state index in [4.69, 9.17) is 5.73 Å². The van der Waals surface area contributed by atoms with E-state index >= 15 is 0 Å². The summed E-state index contributed by atoms with van der Waals surface area (Å²) in [5, 5.41) is 3.25. The third kappa shape index (κ3) is 3.66. The van der Waals surface area contributed by atoms with Crippen molar-refractivity contribution in [2.45, 2.75) is 39.7 Å². The number of nitrogen functional groups attached to an aromatic ring is 1. The number of aryl methyl sites for hydroxylation is 1. The first-order chi connectivity index (χ1) is 9.34. The number of nitrogens with zero attached hydrogens (tertiary/aromatic N) is 3. The highest BCUT2D eigenvalue weighted by Gasteiger charge is 2.18. The van der Waals surface area contributed by atoms with Gasteiger partial charge in [0.1, 0.15) is 17.5 Å². The van der Waals surface area contributed by atoms with Crippen molar-refractivity contribution in [1.82, 2.24) is 15.0 Å². The Morgan fingerprint density at radius 3 is 2.55 bits per heavy atom. The lowest BCUT2D eigenvalue weighted by molar-refractivity contribution is 0.547. The zero-order valence-electron chi connectivity index (χ0n) is 12.4. The zero-order chi connectivity index (χ0) is 14.8. The van der Waals surface area contributed by atoms with Crippen LogP contribution in [0.25, 0.3) is 0 Å². The lowest BCUT2D eigenvalue weighted by atomic mass is 9.96. The Kier molecular flexibility index (Phi) is 3.88. The molecule has 0 unspecified atom stereocenters. The van der Waals surface area contributed by atoms with Gasteiger partial charge >= 0.3 is 0 Å². The number of hydrogen-bond acceptors (Lipinski definition) is 5. The quantitative estimate of drug-likeness (QED) is 0.897. The topological polar surface area (TPSA) is 76.7 Å². The van der Waals surface area contributed by atoms with Gasteiger partial charge in [0.2, 0.25) is 0 Å². The third-order valence-electron chi connectivity index (χ3n) is 2.81. The van der Waals surface area contributed by atoms with Crippen molar-refractivity contribution in [1.29, 1.82) is 0 Å². The molecule has 0 aromatic carbocycles. The summed E-state index contributed by atoms with van der Waals surface area (Å²) in [7, 11) is 0. The van der Waals surface area contributed by atoms with E-state index in [1.165, 1.54) is 0 Å². The van der Waals surface area contributed by atoms with E-state index in [2.05, 4.69) is 41.0 Å². The molecule has 2 aromatic heterocycles. The van der Waals surface area contributed by atoms with Gasteiger partial charge in [-0.25, -0.2) is 9.97 Å². The summed E-state index contributed by atoms with van der Waals surface area (Å²) in [4.78, 5) is 13.2. The van der Waals surface area contributed by atoms with Gasteiger partial charge in [0.25, 0.3) is 0 Å². The van der Waals surface area contributed by atoms with E-state index in [9.17, 15) is 0 Å². The maximum absolute atomic E-state index is 5.84. The van der Waals surface area contributed by atoms with Crippen molar-refractivity contribution in [2.75, 3.05) is 11.1 Å². The van der Waals surface area contributed by atoms with E-state index in [0.717, 1.165) is 23.0 Å². The van der Waals surface area contributed by atoms with Crippen LogP contribution >= 0.6 is 0 Å². The molecule has 0 radical (unpaired) electrons. The number of nitrogens with one attached hydrogen (secondary N) is 1. The predicted molar refractivity (Wildman–Crippen MR) is 81.4 cm³/mol. The van der Waals surface area contributed by atoms with E-state index in [0.29, 0.717) is 12.4 Å². The van der Waals surface area contributed by atoms with Crippen LogP contribution in [0.15, 0.2) is 24.3 Å². The molecule has 0 aliphatic carbocycles. The number of nitrogens with two attached hydrogens (primary N) is 1. The van der Waals surface area contributed by atoms with Crippen LogP contribution in [0.5, 0.6) is 0 Å². The second-order valence-corrected chi connectivity index (χ2v) is 5.88. The molecule has 0 aliphatic heterocycles. The Morgan fingerprint density at radius 1 is 1.15 bits per heavy atom. The molecule has 2 rings (SSSR count). The Bertz CT molecular complexity index is 601. The highest BCUT2D eigenvalue weighted by Crippen LogP contribution is 2.21. The summed E-state index contributed by atoms with van der Waals surface area (Å²) in [6.07, 6.45) is 0. The van der Waals surface area contributed by atoms with Crippen LogP contribution in [0.3, 0.4) is 0 Å². The summed E-state index contributed by atoms with van der Waals surface area (Å²) in [5.74, 6) is 1.94. The molecule has 0 atom stereocenters. The second-order valence-electron chi connectivity index (χ2n) is 5.88. The van der Waals surface area contributed by atoms with Crippen molar-refractivity contribution in [3.63, 3.8) is 0 Å². The lowest BCUT2D eigenvalue weighted by Gasteiger charge is -2.18. The number of anilines is 2. The van der Waals surface area contributed by atoms with Gasteiger partial charge in [0.15, 0.2) is 0 Å². The highest BCUT2D eigenvalue weighted by molar-refractivity contribution is 5.45. The SMILES string of the molecule is Cc1cccc(CNc2cc(N)nc(C(C)(C)C)n2)n1. The fraction of sp³-hybridized carbons (Fsp3) is 0.400. The molecule has 5 heteroatoms. The summed E-state index contributed by atoms with van der Waals surface area (Å²) in [6.45, 7) is 8.78. The Hall–Kier alpha value is -2.17. The minimum Gasteiger partial charge on any atom is -0.384 e. The van der Waals surface area contributed by atoms with Gasteiger partial charge < -0.3 is 11.1 Å². The molecular weight excluding hydrogens is 250 g/mol. The molecule has 0 amide bonds. The molecule has 3 N–H and O–H groups in total. The first-order valence-corrected chi connectivity index (χ1v) is 6.66. The van der Waals surface area contributed by atoms with E-state index < -0.39 is 0 Å². The Morgan fingerprint density at radius 2 is 1.90 bits per heavy atom. The smallest absolute Gasteiger partial charge is 0.138 e. The highest BCUT2D eigenvalue weighted by atomic mass is 15.1. The van der Waals surface area contributed by atoms with Gasteiger partial charge in [-0.15, -0.1) is 0 Å². The van der Waals surface area contributed by atoms with Crippen LogP contribution in [0.4, 0.5) is 11.6 Å². The summed E-state index contributed by atoms with van der Waals surface area (Å²) >= 11 is 0. The van der Waals surface area contributed by atoms with Crippen LogP contribution in [0, 0.1) is 6.92 Å². The van der Waals surface area contributed by atoms with E-state index in [1.54, 1.807) is 6.07 Å². The van der Waals surface area contributed by atoms with Crippen LogP contribution in [-0.2, 0) is 12.0 Å². The van der Waals surface area contributed by atoms with Gasteiger partial charge in [-0.3, -0.25) is 4.98 Å². The molecule has 0 aliphatic rings. The Balaban J connectivity index is 2.16. The molecule has 5 nitrogen and oxygen atoms in total. The molecule has 0 spiro atoms. The van der Waals surface area contributed by atoms with Crippen molar-refractivity contribution >= 4 is 11.6 Å². The van der Waals surface area contributed by atoms with Crippen molar-refractivity contribution in [3.05, 3.63) is 41.5 Å². The molecule has 106 valence electrons. The standard InChI is InChI=1S/C15H21N5/c1-10-6-5-7-11(18-10)9-17-13-8-12(16)19-14(20-13)15(2,3)4/h5-8H,9H2,1-4H3,(H3,16,17,19,20). The fourth-order valence-electron chi connectivity index (χ4n) is 1.77. The number of pyridine rings is 1. The number of aromatic nitrogens is 3. The maximum atomic E-state index is 5.84. The molecular formula is C15H21N5. The summed E-state index contributed by atoms with van der Waals surface area (Å²) in [6, 6.07) is 7.69. The zero-order valence-corrected chi connectivity index (χ0v) is 12.4. The van der Waals surface area contributed by atoms with Crippen LogP contribution in [-0.4, -0.2) is 15.0 Å². The molecule has 20 heavy (non-hydrogen) atoms. The molecule has 2 aromatic rings. The number of hydrogen-bond donors (Lipinski definition) is 2. The van der Waals surface area contributed by atoms with Gasteiger partial charge in [-0.1, -0.05) is 26.8 Å². The first-order valence-electron chi connectivity index (χ1n) is 6.66. The maximum Gasteiger partial charge on any atom is 0.138 e. The van der Waals surface area contributed by atoms with Gasteiger partial charge in [-0.2, -0.15) is 0 Å². The molecule has 0 bridgehead atoms. The summed E-state index contributed by atoms with van der Waals surface area (Å²) in [5.41, 5.74) is 7.68. The Labute approximate surface area is 119 Å². The van der Waals surface area contributed by atoms with Gasteiger partial charge in [-0.05, 0) is 19.1 Å². The normalized spacial score (nSPS) is 11.4.